The highest BCUT2D eigenvalue weighted by atomic mass is 31.2. The number of rotatable bonds is 39. The van der Waals surface area contributed by atoms with E-state index in [4.69, 9.17) is 18.5 Å². The summed E-state index contributed by atoms with van der Waals surface area (Å²) in [6.07, 6.45) is 40.3. The molecular formula is C44H82NO8P. The van der Waals surface area contributed by atoms with Gasteiger partial charge in [-0.15, -0.1) is 0 Å². The lowest BCUT2D eigenvalue weighted by Crippen LogP contribution is -2.37. The Bertz CT molecular complexity index is 1020. The first-order valence-corrected chi connectivity index (χ1v) is 23.2. The molecule has 0 aliphatic heterocycles. The first kappa shape index (κ1) is 52.2. The van der Waals surface area contributed by atoms with E-state index in [9.17, 15) is 19.0 Å². The van der Waals surface area contributed by atoms with Gasteiger partial charge in [0.15, 0.2) is 6.10 Å². The maximum Gasteiger partial charge on any atom is 0.306 e. The second-order valence-corrected chi connectivity index (χ2v) is 17.1. The molecule has 0 saturated carbocycles. The number of carbonyl (C=O) groups excluding carboxylic acids is 2. The minimum Gasteiger partial charge on any atom is -0.756 e. The number of allylic oxidation sites excluding steroid dienone is 6. The predicted octanol–water partition coefficient (Wildman–Crippen LogP) is 11.5. The van der Waals surface area contributed by atoms with Crippen molar-refractivity contribution in [3.8, 4) is 0 Å². The Morgan fingerprint density at radius 1 is 0.574 bits per heavy atom. The summed E-state index contributed by atoms with van der Waals surface area (Å²) in [7, 11) is 1.14. The molecule has 0 aliphatic rings. The monoisotopic (exact) mass is 784 g/mol. The van der Waals surface area contributed by atoms with Crippen LogP contribution in [0, 0.1) is 0 Å². The van der Waals surface area contributed by atoms with Crippen LogP contribution in [0.4, 0.5) is 0 Å². The Hall–Kier alpha value is -1.77. The second-order valence-electron chi connectivity index (χ2n) is 15.7. The summed E-state index contributed by atoms with van der Waals surface area (Å²) in [5, 5.41) is 0. The summed E-state index contributed by atoms with van der Waals surface area (Å²) >= 11 is 0. The highest BCUT2D eigenvalue weighted by Crippen LogP contribution is 2.38. The molecule has 0 spiro atoms. The lowest BCUT2D eigenvalue weighted by Gasteiger charge is -2.28. The number of hydrogen-bond acceptors (Lipinski definition) is 8. The molecule has 0 amide bonds. The summed E-state index contributed by atoms with van der Waals surface area (Å²) in [5.41, 5.74) is 0. The molecule has 1 unspecified atom stereocenters. The molecule has 9 nitrogen and oxygen atoms in total. The molecule has 0 heterocycles. The third-order valence-corrected chi connectivity index (χ3v) is 10.1. The average molecular weight is 784 g/mol. The van der Waals surface area contributed by atoms with Crippen molar-refractivity contribution in [1.82, 2.24) is 0 Å². The van der Waals surface area contributed by atoms with Crippen LogP contribution in [-0.4, -0.2) is 70.0 Å². The molecule has 0 rings (SSSR count). The third-order valence-electron chi connectivity index (χ3n) is 9.16. The van der Waals surface area contributed by atoms with Crippen molar-refractivity contribution in [1.29, 1.82) is 0 Å². The number of quaternary nitrogens is 1. The van der Waals surface area contributed by atoms with Crippen LogP contribution in [0.1, 0.15) is 181 Å². The topological polar surface area (TPSA) is 111 Å². The summed E-state index contributed by atoms with van der Waals surface area (Å²) < 4.78 is 33.8. The molecule has 0 aromatic carbocycles. The van der Waals surface area contributed by atoms with Crippen LogP contribution >= 0.6 is 7.82 Å². The van der Waals surface area contributed by atoms with E-state index in [0.29, 0.717) is 23.9 Å². The van der Waals surface area contributed by atoms with E-state index >= 15 is 0 Å². The van der Waals surface area contributed by atoms with Gasteiger partial charge < -0.3 is 27.9 Å². The van der Waals surface area contributed by atoms with E-state index in [1.165, 1.54) is 103 Å². The fourth-order valence-electron chi connectivity index (χ4n) is 5.73. The minimum atomic E-state index is -4.63. The van der Waals surface area contributed by atoms with E-state index < -0.39 is 32.5 Å². The molecule has 54 heavy (non-hydrogen) atoms. The normalized spacial score (nSPS) is 14.0. The third kappa shape index (κ3) is 39.9. The summed E-state index contributed by atoms with van der Waals surface area (Å²) in [6, 6.07) is 0. The zero-order valence-corrected chi connectivity index (χ0v) is 36.3. The zero-order chi connectivity index (χ0) is 40.0. The number of nitrogens with zero attached hydrogens (tertiary/aromatic N) is 1. The molecule has 2 atom stereocenters. The molecule has 0 aliphatic carbocycles. The van der Waals surface area contributed by atoms with Crippen molar-refractivity contribution in [3.05, 3.63) is 36.5 Å². The standard InChI is InChI=1S/C44H82NO8P/c1-6-8-10-12-14-16-18-20-21-22-23-25-27-29-31-33-35-37-44(47)53-42(41-52-54(48,49)51-39-38-45(3,4)5)40-50-43(46)36-34-32-30-28-26-24-19-17-15-13-11-9-7-2/h20-21,23,25,29,31,42H,6-19,22,24,26-28,30,32-41H2,1-5H3/b21-20+,25-23+,31-29+/t42-/m1/s1. The van der Waals surface area contributed by atoms with Gasteiger partial charge in [0, 0.05) is 12.8 Å². The minimum absolute atomic E-state index is 0.0392. The number of unbranched alkanes of at least 4 members (excludes halogenated alkanes) is 19. The van der Waals surface area contributed by atoms with Crippen molar-refractivity contribution in [2.24, 2.45) is 0 Å². The Kier molecular flexibility index (Phi) is 35.6. The van der Waals surface area contributed by atoms with E-state index in [2.05, 4.69) is 44.2 Å². The number of phosphoric acid groups is 1. The number of ether oxygens (including phenoxy) is 2. The van der Waals surface area contributed by atoms with Crippen LogP contribution in [0.25, 0.3) is 0 Å². The van der Waals surface area contributed by atoms with Gasteiger partial charge in [0.1, 0.15) is 19.8 Å². The Morgan fingerprint density at radius 2 is 1.02 bits per heavy atom. The SMILES string of the molecule is CCCCCCCC/C=C/C/C=C/C/C=C/CCCC(=O)O[C@H](COC(=O)CCCCCCCCCCCCCCC)COP(=O)([O-])OCC[N+](C)(C)C. The molecule has 0 fully saturated rings. The molecule has 0 bridgehead atoms. The Labute approximate surface area is 331 Å². The number of likely N-dealkylation sites (N-methyl/N-ethyl adjacent to an activating group) is 1. The molecule has 0 radical (unpaired) electrons. The smallest absolute Gasteiger partial charge is 0.306 e. The number of phosphoric ester groups is 1. The van der Waals surface area contributed by atoms with Crippen LogP contribution in [0.2, 0.25) is 0 Å². The van der Waals surface area contributed by atoms with Gasteiger partial charge in [-0.05, 0) is 44.9 Å². The lowest BCUT2D eigenvalue weighted by molar-refractivity contribution is -0.870. The van der Waals surface area contributed by atoms with Gasteiger partial charge >= 0.3 is 11.9 Å². The molecule has 10 heteroatoms. The average Bonchev–Trinajstić information content (AvgIpc) is 3.12. The molecule has 0 saturated heterocycles. The van der Waals surface area contributed by atoms with Gasteiger partial charge in [-0.25, -0.2) is 0 Å². The maximum absolute atomic E-state index is 12.6. The number of esters is 2. The molecular weight excluding hydrogens is 701 g/mol. The predicted molar refractivity (Wildman–Crippen MR) is 222 cm³/mol. The molecule has 0 aromatic heterocycles. The van der Waals surface area contributed by atoms with Crippen LogP contribution in [-0.2, 0) is 32.7 Å². The number of hydrogen-bond donors (Lipinski definition) is 0. The Balaban J connectivity index is 4.46. The highest BCUT2D eigenvalue weighted by molar-refractivity contribution is 7.45. The largest absolute Gasteiger partial charge is 0.756 e. The quantitative estimate of drug-likeness (QED) is 0.0199. The summed E-state index contributed by atoms with van der Waals surface area (Å²) in [5.74, 6) is -0.893. The van der Waals surface area contributed by atoms with Gasteiger partial charge in [0.2, 0.25) is 0 Å². The van der Waals surface area contributed by atoms with E-state index in [1.54, 1.807) is 0 Å². The van der Waals surface area contributed by atoms with Gasteiger partial charge in [-0.3, -0.25) is 14.2 Å². The lowest BCUT2D eigenvalue weighted by atomic mass is 10.0. The summed E-state index contributed by atoms with van der Waals surface area (Å²) in [6.45, 7) is 4.16. The van der Waals surface area contributed by atoms with Crippen LogP contribution in [0.5, 0.6) is 0 Å². The van der Waals surface area contributed by atoms with Crippen LogP contribution in [0.15, 0.2) is 36.5 Å². The Morgan fingerprint density at radius 3 is 1.54 bits per heavy atom. The van der Waals surface area contributed by atoms with Crippen LogP contribution in [0.3, 0.4) is 0 Å². The fraction of sp³-hybridized carbons (Fsp3) is 0.818. The number of carbonyl (C=O) groups is 2. The molecule has 316 valence electrons. The molecule has 0 aromatic rings. The van der Waals surface area contributed by atoms with Crippen molar-refractivity contribution in [3.63, 3.8) is 0 Å². The zero-order valence-electron chi connectivity index (χ0n) is 35.4. The first-order chi connectivity index (χ1) is 26.0. The van der Waals surface area contributed by atoms with E-state index in [0.717, 1.165) is 38.5 Å². The highest BCUT2D eigenvalue weighted by Gasteiger charge is 2.21. The van der Waals surface area contributed by atoms with Crippen LogP contribution < -0.4 is 4.89 Å². The van der Waals surface area contributed by atoms with Gasteiger partial charge in [-0.2, -0.15) is 0 Å². The van der Waals surface area contributed by atoms with Crippen molar-refractivity contribution < 1.29 is 42.1 Å². The van der Waals surface area contributed by atoms with Crippen molar-refractivity contribution in [2.45, 2.75) is 187 Å². The van der Waals surface area contributed by atoms with Crippen molar-refractivity contribution in [2.75, 3.05) is 47.5 Å². The van der Waals surface area contributed by atoms with Gasteiger partial charge in [-0.1, -0.05) is 159 Å². The van der Waals surface area contributed by atoms with Crippen molar-refractivity contribution >= 4 is 19.8 Å². The second kappa shape index (κ2) is 36.8. The van der Waals surface area contributed by atoms with E-state index in [1.807, 2.05) is 27.2 Å². The maximum atomic E-state index is 12.6. The fourth-order valence-corrected chi connectivity index (χ4v) is 6.46. The molecule has 0 N–H and O–H groups in total. The van der Waals surface area contributed by atoms with Gasteiger partial charge in [0.25, 0.3) is 7.82 Å². The van der Waals surface area contributed by atoms with E-state index in [-0.39, 0.29) is 26.1 Å². The summed E-state index contributed by atoms with van der Waals surface area (Å²) in [4.78, 5) is 37.4. The van der Waals surface area contributed by atoms with Gasteiger partial charge in [0.05, 0.1) is 27.7 Å². The first-order valence-electron chi connectivity index (χ1n) is 21.7.